The summed E-state index contributed by atoms with van der Waals surface area (Å²) in [4.78, 5) is 14.2. The minimum atomic E-state index is -0.231. The first-order valence-electron chi connectivity index (χ1n) is 6.81. The molecule has 0 aromatic heterocycles. The second kappa shape index (κ2) is 5.61. The standard InChI is InChI=1S/C15H22N2O2/c1-3-17(13-7-4-6-12(16)10-13)14(18)11-15(19-2)8-5-9-15/h4,6-7,10H,3,5,8-9,11,16H2,1-2H3. The zero-order valence-corrected chi connectivity index (χ0v) is 11.7. The number of hydrogen-bond acceptors (Lipinski definition) is 3. The van der Waals surface area contributed by atoms with E-state index in [0.29, 0.717) is 18.7 Å². The van der Waals surface area contributed by atoms with Crippen LogP contribution in [0, 0.1) is 0 Å². The molecule has 4 heteroatoms. The molecule has 1 amide bonds. The van der Waals surface area contributed by atoms with E-state index >= 15 is 0 Å². The predicted octanol–water partition coefficient (Wildman–Crippen LogP) is 2.58. The van der Waals surface area contributed by atoms with Gasteiger partial charge < -0.3 is 15.4 Å². The summed E-state index contributed by atoms with van der Waals surface area (Å²) in [6, 6.07) is 7.44. The largest absolute Gasteiger partial charge is 0.399 e. The van der Waals surface area contributed by atoms with Gasteiger partial charge in [0.1, 0.15) is 0 Å². The molecule has 19 heavy (non-hydrogen) atoms. The van der Waals surface area contributed by atoms with E-state index in [4.69, 9.17) is 10.5 Å². The molecule has 104 valence electrons. The molecule has 0 atom stereocenters. The van der Waals surface area contributed by atoms with E-state index in [9.17, 15) is 4.79 Å². The topological polar surface area (TPSA) is 55.6 Å². The Bertz CT molecular complexity index is 450. The maximum Gasteiger partial charge on any atom is 0.229 e. The van der Waals surface area contributed by atoms with Crippen LogP contribution in [0.5, 0.6) is 0 Å². The lowest BCUT2D eigenvalue weighted by molar-refractivity contribution is -0.131. The molecule has 0 heterocycles. The third kappa shape index (κ3) is 2.89. The van der Waals surface area contributed by atoms with Gasteiger partial charge in [-0.2, -0.15) is 0 Å². The number of amides is 1. The van der Waals surface area contributed by atoms with Gasteiger partial charge in [-0.3, -0.25) is 4.79 Å². The highest BCUT2D eigenvalue weighted by Crippen LogP contribution is 2.38. The van der Waals surface area contributed by atoms with Gasteiger partial charge in [-0.05, 0) is 44.4 Å². The molecule has 2 rings (SSSR count). The first-order valence-corrected chi connectivity index (χ1v) is 6.81. The number of methoxy groups -OCH3 is 1. The number of anilines is 2. The average molecular weight is 262 g/mol. The Morgan fingerprint density at radius 3 is 2.68 bits per heavy atom. The van der Waals surface area contributed by atoms with Crippen LogP contribution < -0.4 is 10.6 Å². The molecule has 0 bridgehead atoms. The summed E-state index contributed by atoms with van der Waals surface area (Å²) in [5.41, 5.74) is 7.08. The fraction of sp³-hybridized carbons (Fsp3) is 0.533. The highest BCUT2D eigenvalue weighted by molar-refractivity contribution is 5.94. The Morgan fingerprint density at radius 2 is 2.21 bits per heavy atom. The van der Waals surface area contributed by atoms with Crippen molar-refractivity contribution < 1.29 is 9.53 Å². The van der Waals surface area contributed by atoms with E-state index in [1.165, 1.54) is 0 Å². The van der Waals surface area contributed by atoms with Crippen molar-refractivity contribution in [1.29, 1.82) is 0 Å². The highest BCUT2D eigenvalue weighted by atomic mass is 16.5. The Kier molecular flexibility index (Phi) is 4.10. The van der Waals surface area contributed by atoms with Gasteiger partial charge in [-0.15, -0.1) is 0 Å². The molecule has 1 aliphatic rings. The molecule has 0 unspecified atom stereocenters. The zero-order chi connectivity index (χ0) is 13.9. The van der Waals surface area contributed by atoms with Crippen molar-refractivity contribution in [1.82, 2.24) is 0 Å². The van der Waals surface area contributed by atoms with Gasteiger partial charge in [-0.25, -0.2) is 0 Å². The van der Waals surface area contributed by atoms with Gasteiger partial charge >= 0.3 is 0 Å². The van der Waals surface area contributed by atoms with Crippen LogP contribution in [0.25, 0.3) is 0 Å². The summed E-state index contributed by atoms with van der Waals surface area (Å²) < 4.78 is 5.53. The van der Waals surface area contributed by atoms with Gasteiger partial charge in [0, 0.05) is 25.0 Å². The van der Waals surface area contributed by atoms with E-state index in [-0.39, 0.29) is 11.5 Å². The van der Waals surface area contributed by atoms with Crippen molar-refractivity contribution in [2.45, 2.75) is 38.2 Å². The van der Waals surface area contributed by atoms with Crippen LogP contribution in [0.1, 0.15) is 32.6 Å². The maximum absolute atomic E-state index is 12.5. The van der Waals surface area contributed by atoms with Gasteiger partial charge in [0.15, 0.2) is 0 Å². The number of nitrogens with zero attached hydrogens (tertiary/aromatic N) is 1. The number of rotatable bonds is 5. The van der Waals surface area contributed by atoms with Crippen LogP contribution >= 0.6 is 0 Å². The molecular formula is C15H22N2O2. The minimum absolute atomic E-state index is 0.106. The van der Waals surface area contributed by atoms with Crippen molar-refractivity contribution in [3.8, 4) is 0 Å². The first kappa shape index (κ1) is 13.9. The van der Waals surface area contributed by atoms with E-state index < -0.39 is 0 Å². The quantitative estimate of drug-likeness (QED) is 0.830. The van der Waals surface area contributed by atoms with Crippen LogP contribution in [-0.2, 0) is 9.53 Å². The molecule has 1 aliphatic carbocycles. The lowest BCUT2D eigenvalue weighted by Crippen LogP contribution is -2.45. The van der Waals surface area contributed by atoms with Crippen molar-refractivity contribution in [3.63, 3.8) is 0 Å². The molecule has 0 saturated heterocycles. The summed E-state index contributed by atoms with van der Waals surface area (Å²) in [6.45, 7) is 2.61. The summed E-state index contributed by atoms with van der Waals surface area (Å²) in [7, 11) is 1.70. The normalized spacial score (nSPS) is 16.7. The van der Waals surface area contributed by atoms with Crippen molar-refractivity contribution in [3.05, 3.63) is 24.3 Å². The third-order valence-electron chi connectivity index (χ3n) is 3.97. The number of nitrogens with two attached hydrogens (primary N) is 1. The maximum atomic E-state index is 12.5. The SMILES string of the molecule is CCN(C(=O)CC1(OC)CCC1)c1cccc(N)c1. The average Bonchev–Trinajstić information content (AvgIpc) is 2.35. The lowest BCUT2D eigenvalue weighted by Gasteiger charge is -2.41. The van der Waals surface area contributed by atoms with Crippen molar-refractivity contribution in [2.75, 3.05) is 24.3 Å². The predicted molar refractivity (Wildman–Crippen MR) is 77.1 cm³/mol. The molecule has 1 aromatic rings. The van der Waals surface area contributed by atoms with Gasteiger partial charge in [0.2, 0.25) is 5.91 Å². The smallest absolute Gasteiger partial charge is 0.229 e. The molecular weight excluding hydrogens is 240 g/mol. The fourth-order valence-electron chi connectivity index (χ4n) is 2.59. The molecule has 0 spiro atoms. The summed E-state index contributed by atoms with van der Waals surface area (Å²) in [5.74, 6) is 0.106. The number of benzene rings is 1. The van der Waals surface area contributed by atoms with Crippen LogP contribution in [0.15, 0.2) is 24.3 Å². The summed E-state index contributed by atoms with van der Waals surface area (Å²) in [6.07, 6.45) is 3.55. The van der Waals surface area contributed by atoms with E-state index in [2.05, 4.69) is 0 Å². The number of carbonyl (C=O) groups is 1. The van der Waals surface area contributed by atoms with Crippen molar-refractivity contribution in [2.24, 2.45) is 0 Å². The van der Waals surface area contributed by atoms with Gasteiger partial charge in [0.25, 0.3) is 0 Å². The monoisotopic (exact) mass is 262 g/mol. The Morgan fingerprint density at radius 1 is 1.47 bits per heavy atom. The minimum Gasteiger partial charge on any atom is -0.399 e. The fourth-order valence-corrected chi connectivity index (χ4v) is 2.59. The third-order valence-corrected chi connectivity index (χ3v) is 3.97. The second-order valence-corrected chi connectivity index (χ2v) is 5.15. The zero-order valence-electron chi connectivity index (χ0n) is 11.7. The van der Waals surface area contributed by atoms with E-state index in [1.54, 1.807) is 12.0 Å². The van der Waals surface area contributed by atoms with Crippen LogP contribution in [-0.4, -0.2) is 25.2 Å². The van der Waals surface area contributed by atoms with Gasteiger partial charge in [0.05, 0.1) is 12.0 Å². The molecule has 0 aliphatic heterocycles. The summed E-state index contributed by atoms with van der Waals surface area (Å²) >= 11 is 0. The second-order valence-electron chi connectivity index (χ2n) is 5.15. The molecule has 2 N–H and O–H groups in total. The highest BCUT2D eigenvalue weighted by Gasteiger charge is 2.40. The Balaban J connectivity index is 2.11. The first-order chi connectivity index (χ1) is 9.10. The van der Waals surface area contributed by atoms with E-state index in [1.807, 2.05) is 31.2 Å². The van der Waals surface area contributed by atoms with Crippen LogP contribution in [0.4, 0.5) is 11.4 Å². The molecule has 1 fully saturated rings. The Labute approximate surface area is 114 Å². The molecule has 0 radical (unpaired) electrons. The molecule has 4 nitrogen and oxygen atoms in total. The number of hydrogen-bond donors (Lipinski definition) is 1. The van der Waals surface area contributed by atoms with Crippen molar-refractivity contribution >= 4 is 17.3 Å². The number of nitrogen functional groups attached to an aromatic ring is 1. The van der Waals surface area contributed by atoms with Crippen LogP contribution in [0.3, 0.4) is 0 Å². The van der Waals surface area contributed by atoms with E-state index in [0.717, 1.165) is 24.9 Å². The molecule has 1 aromatic carbocycles. The lowest BCUT2D eigenvalue weighted by atomic mass is 9.77. The van der Waals surface area contributed by atoms with Gasteiger partial charge in [-0.1, -0.05) is 6.07 Å². The number of ether oxygens (including phenoxy) is 1. The molecule has 1 saturated carbocycles. The number of carbonyl (C=O) groups excluding carboxylic acids is 1. The Hall–Kier alpha value is -1.55. The summed E-state index contributed by atoms with van der Waals surface area (Å²) in [5, 5.41) is 0. The van der Waals surface area contributed by atoms with Crippen LogP contribution in [0.2, 0.25) is 0 Å².